The van der Waals surface area contributed by atoms with Gasteiger partial charge >= 0.3 is 17.9 Å². The van der Waals surface area contributed by atoms with E-state index < -0.39 is 24.0 Å². The number of carboxylic acid groups (broad SMARTS) is 1. The van der Waals surface area contributed by atoms with Crippen LogP contribution in [0.15, 0.2) is 43.0 Å². The van der Waals surface area contributed by atoms with Gasteiger partial charge < -0.3 is 19.3 Å². The maximum atomic E-state index is 11.6. The summed E-state index contributed by atoms with van der Waals surface area (Å²) in [6.45, 7) is 3.02. The number of carboxylic acids is 1. The van der Waals surface area contributed by atoms with Gasteiger partial charge in [-0.1, -0.05) is 24.8 Å². The molecule has 0 amide bonds. The van der Waals surface area contributed by atoms with Gasteiger partial charge in [0.1, 0.15) is 19.0 Å². The number of benzene rings is 1. The van der Waals surface area contributed by atoms with Crippen molar-refractivity contribution in [1.82, 2.24) is 0 Å². The molecular weight excluding hydrogens is 304 g/mol. The highest BCUT2D eigenvalue weighted by atomic mass is 16.6. The molecule has 1 unspecified atom stereocenters. The highest BCUT2D eigenvalue weighted by Gasteiger charge is 2.18. The van der Waals surface area contributed by atoms with E-state index in [0.29, 0.717) is 5.75 Å². The number of carbonyl (C=O) groups is 3. The first-order chi connectivity index (χ1) is 11.0. The fourth-order valence-electron chi connectivity index (χ4n) is 1.51. The quantitative estimate of drug-likeness (QED) is 0.515. The van der Waals surface area contributed by atoms with E-state index in [-0.39, 0.29) is 26.1 Å². The van der Waals surface area contributed by atoms with E-state index in [1.807, 2.05) is 6.07 Å². The third-order valence-electron chi connectivity index (χ3n) is 2.60. The van der Waals surface area contributed by atoms with Crippen molar-refractivity contribution in [1.29, 1.82) is 0 Å². The van der Waals surface area contributed by atoms with Gasteiger partial charge in [-0.3, -0.25) is 9.59 Å². The highest BCUT2D eigenvalue weighted by molar-refractivity contribution is 5.81. The molecule has 1 atom stereocenters. The van der Waals surface area contributed by atoms with Crippen molar-refractivity contribution < 1.29 is 33.7 Å². The number of aliphatic carboxylic acids is 1. The second kappa shape index (κ2) is 9.99. The molecule has 0 aliphatic heterocycles. The Morgan fingerprint density at radius 2 is 1.83 bits per heavy atom. The minimum Gasteiger partial charge on any atom is -0.490 e. The average molecular weight is 322 g/mol. The zero-order chi connectivity index (χ0) is 17.1. The Morgan fingerprint density at radius 3 is 2.43 bits per heavy atom. The number of ether oxygens (including phenoxy) is 3. The predicted molar refractivity (Wildman–Crippen MR) is 79.8 cm³/mol. The molecule has 0 heterocycles. The lowest BCUT2D eigenvalue weighted by molar-refractivity contribution is -0.159. The molecular formula is C16H18O7. The van der Waals surface area contributed by atoms with Crippen molar-refractivity contribution in [3.63, 3.8) is 0 Å². The van der Waals surface area contributed by atoms with E-state index in [1.165, 1.54) is 0 Å². The van der Waals surface area contributed by atoms with E-state index in [0.717, 1.165) is 6.08 Å². The Morgan fingerprint density at radius 1 is 1.13 bits per heavy atom. The highest BCUT2D eigenvalue weighted by Crippen LogP contribution is 2.10. The van der Waals surface area contributed by atoms with Crippen molar-refractivity contribution in [2.45, 2.75) is 18.9 Å². The van der Waals surface area contributed by atoms with Gasteiger partial charge in [-0.05, 0) is 12.1 Å². The molecule has 0 saturated heterocycles. The molecule has 1 N–H and O–H groups in total. The maximum absolute atomic E-state index is 11.6. The number of para-hydroxylation sites is 1. The summed E-state index contributed by atoms with van der Waals surface area (Å²) in [4.78, 5) is 33.1. The van der Waals surface area contributed by atoms with Crippen molar-refractivity contribution in [2.24, 2.45) is 0 Å². The first kappa shape index (κ1) is 18.2. The smallest absolute Gasteiger partial charge is 0.330 e. The topological polar surface area (TPSA) is 99.1 Å². The summed E-state index contributed by atoms with van der Waals surface area (Å²) in [7, 11) is 0. The molecule has 0 bridgehead atoms. The number of hydrogen-bond acceptors (Lipinski definition) is 6. The molecule has 23 heavy (non-hydrogen) atoms. The van der Waals surface area contributed by atoms with Crippen LogP contribution in [-0.4, -0.2) is 42.3 Å². The summed E-state index contributed by atoms with van der Waals surface area (Å²) in [6.07, 6.45) is -0.466. The van der Waals surface area contributed by atoms with Crippen molar-refractivity contribution in [3.8, 4) is 5.75 Å². The summed E-state index contributed by atoms with van der Waals surface area (Å²) in [5.41, 5.74) is 0. The van der Waals surface area contributed by atoms with Crippen molar-refractivity contribution in [3.05, 3.63) is 43.0 Å². The van der Waals surface area contributed by atoms with Gasteiger partial charge in [0.15, 0.2) is 6.10 Å². The fraction of sp³-hybridized carbons (Fsp3) is 0.312. The standard InChI is InChI=1S/C16H18O7/c1-2-15(19)22-11-13(23-16(20)9-8-14(17)18)10-21-12-6-4-3-5-7-12/h2-7,13H,1,8-11H2,(H,17,18). The van der Waals surface area contributed by atoms with Gasteiger partial charge in [0, 0.05) is 6.08 Å². The molecule has 124 valence electrons. The minimum atomic E-state index is -1.10. The van der Waals surface area contributed by atoms with Crippen LogP contribution in [0.4, 0.5) is 0 Å². The fourth-order valence-corrected chi connectivity index (χ4v) is 1.51. The zero-order valence-electron chi connectivity index (χ0n) is 12.5. The van der Waals surface area contributed by atoms with E-state index in [9.17, 15) is 14.4 Å². The van der Waals surface area contributed by atoms with Crippen LogP contribution in [0.3, 0.4) is 0 Å². The number of hydrogen-bond donors (Lipinski definition) is 1. The lowest BCUT2D eigenvalue weighted by Crippen LogP contribution is -2.31. The molecule has 7 nitrogen and oxygen atoms in total. The zero-order valence-corrected chi connectivity index (χ0v) is 12.5. The SMILES string of the molecule is C=CC(=O)OCC(COc1ccccc1)OC(=O)CCC(=O)O. The predicted octanol–water partition coefficient (Wildman–Crippen LogP) is 1.57. The van der Waals surface area contributed by atoms with Gasteiger partial charge in [-0.25, -0.2) is 4.79 Å². The third-order valence-corrected chi connectivity index (χ3v) is 2.60. The summed E-state index contributed by atoms with van der Waals surface area (Å²) in [5, 5.41) is 8.54. The van der Waals surface area contributed by atoms with Gasteiger partial charge in [-0.2, -0.15) is 0 Å². The monoisotopic (exact) mass is 322 g/mol. The van der Waals surface area contributed by atoms with E-state index >= 15 is 0 Å². The molecule has 0 saturated carbocycles. The first-order valence-corrected chi connectivity index (χ1v) is 6.89. The Kier molecular flexibility index (Phi) is 7.91. The summed E-state index contributed by atoms with van der Waals surface area (Å²) < 4.78 is 15.4. The van der Waals surface area contributed by atoms with Gasteiger partial charge in [0.2, 0.25) is 0 Å². The number of esters is 2. The molecule has 7 heteroatoms. The van der Waals surface area contributed by atoms with Crippen LogP contribution >= 0.6 is 0 Å². The second-order valence-corrected chi connectivity index (χ2v) is 4.46. The molecule has 0 spiro atoms. The largest absolute Gasteiger partial charge is 0.490 e. The maximum Gasteiger partial charge on any atom is 0.330 e. The van der Waals surface area contributed by atoms with Crippen molar-refractivity contribution >= 4 is 17.9 Å². The Labute approximate surface area is 133 Å². The van der Waals surface area contributed by atoms with Crippen LogP contribution in [0.1, 0.15) is 12.8 Å². The molecule has 1 rings (SSSR count). The van der Waals surface area contributed by atoms with E-state index in [4.69, 9.17) is 19.3 Å². The van der Waals surface area contributed by atoms with E-state index in [1.54, 1.807) is 24.3 Å². The molecule has 1 aromatic carbocycles. The molecule has 1 aromatic rings. The number of carbonyl (C=O) groups excluding carboxylic acids is 2. The Balaban J connectivity index is 2.53. The van der Waals surface area contributed by atoms with Crippen LogP contribution in [0.5, 0.6) is 5.75 Å². The first-order valence-electron chi connectivity index (χ1n) is 6.89. The van der Waals surface area contributed by atoms with Crippen molar-refractivity contribution in [2.75, 3.05) is 13.2 Å². The van der Waals surface area contributed by atoms with Crippen LogP contribution in [0.25, 0.3) is 0 Å². The van der Waals surface area contributed by atoms with Gasteiger partial charge in [-0.15, -0.1) is 0 Å². The molecule has 0 aliphatic carbocycles. The molecule has 0 fully saturated rings. The summed E-state index contributed by atoms with van der Waals surface area (Å²) in [6, 6.07) is 8.82. The number of rotatable bonds is 10. The molecule has 0 aliphatic rings. The second-order valence-electron chi connectivity index (χ2n) is 4.46. The van der Waals surface area contributed by atoms with Crippen LogP contribution in [0.2, 0.25) is 0 Å². The van der Waals surface area contributed by atoms with E-state index in [2.05, 4.69) is 6.58 Å². The third kappa shape index (κ3) is 8.25. The normalized spacial score (nSPS) is 11.1. The summed E-state index contributed by atoms with van der Waals surface area (Å²) >= 11 is 0. The molecule has 0 radical (unpaired) electrons. The lowest BCUT2D eigenvalue weighted by Gasteiger charge is -2.18. The van der Waals surface area contributed by atoms with Crippen LogP contribution in [0, 0.1) is 0 Å². The average Bonchev–Trinajstić information content (AvgIpc) is 2.56. The minimum absolute atomic E-state index is 0.0345. The van der Waals surface area contributed by atoms with Crippen LogP contribution < -0.4 is 4.74 Å². The van der Waals surface area contributed by atoms with Gasteiger partial charge in [0.05, 0.1) is 12.8 Å². The van der Waals surface area contributed by atoms with Gasteiger partial charge in [0.25, 0.3) is 0 Å². The summed E-state index contributed by atoms with van der Waals surface area (Å²) in [5.74, 6) is -1.90. The lowest BCUT2D eigenvalue weighted by atomic mass is 10.3. The van der Waals surface area contributed by atoms with Crippen LogP contribution in [-0.2, 0) is 23.9 Å². The molecule has 0 aromatic heterocycles. The Hall–Kier alpha value is -2.83. The Bertz CT molecular complexity index is 539.